The molecule has 0 spiro atoms. The molecule has 0 saturated carbocycles. The van der Waals surface area contributed by atoms with E-state index in [2.05, 4.69) is 12.2 Å². The fraction of sp³-hybridized carbons (Fsp3) is 0.250. The number of hydrogen-bond acceptors (Lipinski definition) is 7. The third kappa shape index (κ3) is 3.87. The molecule has 2 aromatic carbocycles. The van der Waals surface area contributed by atoms with Crippen molar-refractivity contribution in [3.05, 3.63) is 70.1 Å². The Hall–Kier alpha value is -3.91. The zero-order chi connectivity index (χ0) is 24.8. The van der Waals surface area contributed by atoms with Crippen molar-refractivity contribution in [3.8, 4) is 22.8 Å². The van der Waals surface area contributed by atoms with Crippen molar-refractivity contribution >= 4 is 39.1 Å². The highest BCUT2D eigenvalue weighted by molar-refractivity contribution is 7.17. The number of anilines is 1. The van der Waals surface area contributed by atoms with E-state index in [0.29, 0.717) is 44.8 Å². The van der Waals surface area contributed by atoms with Crippen LogP contribution < -0.4 is 14.8 Å². The zero-order valence-electron chi connectivity index (χ0n) is 19.9. The van der Waals surface area contributed by atoms with E-state index in [4.69, 9.17) is 19.2 Å². The first kappa shape index (κ1) is 22.5. The lowest BCUT2D eigenvalue weighted by molar-refractivity contribution is 0.0601. The van der Waals surface area contributed by atoms with E-state index in [1.54, 1.807) is 6.07 Å². The summed E-state index contributed by atoms with van der Waals surface area (Å²) >= 11 is 1.47. The highest BCUT2D eigenvalue weighted by Crippen LogP contribution is 2.41. The molecule has 0 fully saturated rings. The summed E-state index contributed by atoms with van der Waals surface area (Å²) in [6, 6.07) is 14.9. The Kier molecular flexibility index (Phi) is 5.60. The molecule has 36 heavy (non-hydrogen) atoms. The molecule has 1 atom stereocenters. The van der Waals surface area contributed by atoms with Gasteiger partial charge < -0.3 is 19.5 Å². The normalized spacial score (nSPS) is 16.0. The van der Waals surface area contributed by atoms with Gasteiger partial charge in [-0.3, -0.25) is 4.79 Å². The molecular formula is C28H24N2O5S. The molecule has 182 valence electrons. The lowest BCUT2D eigenvalue weighted by atomic mass is 9.88. The Morgan fingerprint density at radius 2 is 1.94 bits per heavy atom. The van der Waals surface area contributed by atoms with Gasteiger partial charge in [0.1, 0.15) is 5.00 Å². The minimum atomic E-state index is -0.419. The van der Waals surface area contributed by atoms with Gasteiger partial charge in [0.15, 0.2) is 11.5 Å². The number of methoxy groups -OCH3 is 1. The standard InChI is InChI=1S/C28H24N2O5S/c1-15-7-9-18-24(11-15)36-27(25(18)28(32)33-2)30-26(31)19-13-21(29-20-6-4-3-5-17(19)20)16-8-10-22-23(12-16)35-14-34-22/h3-6,8,10,12-13,15H,7,9,11,14H2,1-2H3,(H,30,31). The van der Waals surface area contributed by atoms with E-state index in [0.717, 1.165) is 40.7 Å². The molecule has 1 amide bonds. The molecule has 8 heteroatoms. The third-order valence-corrected chi connectivity index (χ3v) is 7.93. The lowest BCUT2D eigenvalue weighted by Gasteiger charge is -2.18. The number of aromatic nitrogens is 1. The number of nitrogens with zero attached hydrogens (tertiary/aromatic N) is 1. The Morgan fingerprint density at radius 1 is 1.11 bits per heavy atom. The van der Waals surface area contributed by atoms with Crippen LogP contribution in [-0.4, -0.2) is 30.8 Å². The van der Waals surface area contributed by atoms with Gasteiger partial charge in [0.05, 0.1) is 29.4 Å². The second kappa shape index (κ2) is 8.95. The SMILES string of the molecule is COC(=O)c1c(NC(=O)c2cc(-c3ccc4c(c3)OCO4)nc3ccccc23)sc2c1CCC(C)C2. The number of thiophene rings is 1. The van der Waals surface area contributed by atoms with Gasteiger partial charge in [-0.05, 0) is 61.1 Å². The maximum atomic E-state index is 13.7. The molecule has 0 radical (unpaired) electrons. The minimum absolute atomic E-state index is 0.184. The molecule has 7 nitrogen and oxygen atoms in total. The summed E-state index contributed by atoms with van der Waals surface area (Å²) in [7, 11) is 1.37. The Morgan fingerprint density at radius 3 is 2.81 bits per heavy atom. The number of fused-ring (bicyclic) bond motifs is 3. The van der Waals surface area contributed by atoms with Crippen LogP contribution in [0, 0.1) is 5.92 Å². The number of carbonyl (C=O) groups is 2. The largest absolute Gasteiger partial charge is 0.465 e. The monoisotopic (exact) mass is 500 g/mol. The Bertz CT molecular complexity index is 1530. The fourth-order valence-corrected chi connectivity index (χ4v) is 6.29. The van der Waals surface area contributed by atoms with Gasteiger partial charge in [-0.2, -0.15) is 0 Å². The van der Waals surface area contributed by atoms with Crippen LogP contribution in [0.25, 0.3) is 22.2 Å². The molecule has 1 aliphatic heterocycles. The lowest BCUT2D eigenvalue weighted by Crippen LogP contribution is -2.16. The van der Waals surface area contributed by atoms with E-state index < -0.39 is 5.97 Å². The summed E-state index contributed by atoms with van der Waals surface area (Å²) in [5.74, 6) is 1.15. The first-order valence-corrected chi connectivity index (χ1v) is 12.7. The van der Waals surface area contributed by atoms with Crippen LogP contribution in [0.4, 0.5) is 5.00 Å². The van der Waals surface area contributed by atoms with Crippen LogP contribution in [0.1, 0.15) is 44.5 Å². The maximum Gasteiger partial charge on any atom is 0.341 e. The zero-order valence-corrected chi connectivity index (χ0v) is 20.7. The van der Waals surface area contributed by atoms with Crippen molar-refractivity contribution < 1.29 is 23.8 Å². The highest BCUT2D eigenvalue weighted by atomic mass is 32.1. The molecule has 4 aromatic rings. The van der Waals surface area contributed by atoms with Crippen molar-refractivity contribution in [1.82, 2.24) is 4.98 Å². The van der Waals surface area contributed by atoms with Crippen LogP contribution in [0.2, 0.25) is 0 Å². The van der Waals surface area contributed by atoms with Crippen molar-refractivity contribution in [2.24, 2.45) is 5.92 Å². The molecule has 0 saturated heterocycles. The predicted molar refractivity (Wildman–Crippen MR) is 138 cm³/mol. The molecule has 1 unspecified atom stereocenters. The van der Waals surface area contributed by atoms with Crippen molar-refractivity contribution in [2.45, 2.75) is 26.2 Å². The first-order valence-electron chi connectivity index (χ1n) is 11.9. The average molecular weight is 501 g/mol. The molecule has 0 bridgehead atoms. The molecule has 1 N–H and O–H groups in total. The van der Waals surface area contributed by atoms with Gasteiger partial charge in [-0.25, -0.2) is 9.78 Å². The Labute approximate surface area is 212 Å². The topological polar surface area (TPSA) is 86.8 Å². The van der Waals surface area contributed by atoms with Crippen LogP contribution in [0.15, 0.2) is 48.5 Å². The average Bonchev–Trinajstić information content (AvgIpc) is 3.50. The smallest absolute Gasteiger partial charge is 0.341 e. The molecular weight excluding hydrogens is 476 g/mol. The third-order valence-electron chi connectivity index (χ3n) is 6.76. The van der Waals surface area contributed by atoms with Gasteiger partial charge >= 0.3 is 5.97 Å². The number of nitrogens with one attached hydrogen (secondary N) is 1. The highest BCUT2D eigenvalue weighted by Gasteiger charge is 2.29. The summed E-state index contributed by atoms with van der Waals surface area (Å²) in [4.78, 5) is 32.4. The number of ether oxygens (including phenoxy) is 3. The predicted octanol–water partition coefficient (Wildman–Crippen LogP) is 5.86. The van der Waals surface area contributed by atoms with Crippen molar-refractivity contribution in [2.75, 3.05) is 19.2 Å². The number of para-hydroxylation sites is 1. The van der Waals surface area contributed by atoms with E-state index >= 15 is 0 Å². The van der Waals surface area contributed by atoms with Gasteiger partial charge in [-0.1, -0.05) is 25.1 Å². The molecule has 6 rings (SSSR count). The van der Waals surface area contributed by atoms with Gasteiger partial charge in [-0.15, -0.1) is 11.3 Å². The second-order valence-corrected chi connectivity index (χ2v) is 10.2. The molecule has 2 aromatic heterocycles. The number of pyridine rings is 1. The number of benzene rings is 2. The van der Waals surface area contributed by atoms with Gasteiger partial charge in [0.25, 0.3) is 5.91 Å². The second-order valence-electron chi connectivity index (χ2n) is 9.14. The number of carbonyl (C=O) groups excluding carboxylic acids is 2. The Balaban J connectivity index is 1.42. The van der Waals surface area contributed by atoms with E-state index in [1.807, 2.05) is 42.5 Å². The quantitative estimate of drug-likeness (QED) is 0.354. The first-order chi connectivity index (χ1) is 17.5. The van der Waals surface area contributed by atoms with Crippen molar-refractivity contribution in [1.29, 1.82) is 0 Å². The van der Waals surface area contributed by atoms with Crippen LogP contribution in [0.3, 0.4) is 0 Å². The molecule has 1 aliphatic carbocycles. The summed E-state index contributed by atoms with van der Waals surface area (Å²) < 4.78 is 16.0. The fourth-order valence-electron chi connectivity index (χ4n) is 4.89. The summed E-state index contributed by atoms with van der Waals surface area (Å²) in [5.41, 5.74) is 4.11. The van der Waals surface area contributed by atoms with Crippen molar-refractivity contribution in [3.63, 3.8) is 0 Å². The number of esters is 1. The van der Waals surface area contributed by atoms with E-state index in [9.17, 15) is 9.59 Å². The molecule has 2 aliphatic rings. The maximum absolute atomic E-state index is 13.7. The number of rotatable bonds is 4. The summed E-state index contributed by atoms with van der Waals surface area (Å²) in [5, 5.41) is 4.30. The van der Waals surface area contributed by atoms with Crippen LogP contribution >= 0.6 is 11.3 Å². The summed E-state index contributed by atoms with van der Waals surface area (Å²) in [6.45, 7) is 2.39. The minimum Gasteiger partial charge on any atom is -0.465 e. The number of amides is 1. The van der Waals surface area contributed by atoms with Crippen LogP contribution in [-0.2, 0) is 17.6 Å². The van der Waals surface area contributed by atoms with Gasteiger partial charge in [0.2, 0.25) is 6.79 Å². The van der Waals surface area contributed by atoms with E-state index in [-0.39, 0.29) is 12.7 Å². The molecule has 3 heterocycles. The van der Waals surface area contributed by atoms with Crippen LogP contribution in [0.5, 0.6) is 11.5 Å². The summed E-state index contributed by atoms with van der Waals surface area (Å²) in [6.07, 6.45) is 2.71. The number of hydrogen-bond donors (Lipinski definition) is 1. The van der Waals surface area contributed by atoms with E-state index in [1.165, 1.54) is 18.4 Å². The van der Waals surface area contributed by atoms with Gasteiger partial charge in [0, 0.05) is 15.8 Å².